The Hall–Kier alpha value is -5.04. The van der Waals surface area contributed by atoms with Crippen molar-refractivity contribution in [1.82, 2.24) is 9.88 Å². The summed E-state index contributed by atoms with van der Waals surface area (Å²) in [6.45, 7) is 2.56. The van der Waals surface area contributed by atoms with E-state index in [0.29, 0.717) is 30.1 Å². The minimum Gasteiger partial charge on any atom is -0.507 e. The van der Waals surface area contributed by atoms with E-state index >= 15 is 0 Å². The number of ketones is 1. The maximum atomic E-state index is 13.3. The van der Waals surface area contributed by atoms with Crippen LogP contribution in [-0.4, -0.2) is 33.2 Å². The molecule has 200 valence electrons. The molecule has 3 aromatic carbocycles. The summed E-state index contributed by atoms with van der Waals surface area (Å²) in [5.74, 6) is -0.560. The van der Waals surface area contributed by atoms with Crippen LogP contribution >= 0.6 is 0 Å². The third-order valence-corrected chi connectivity index (χ3v) is 7.34. The largest absolute Gasteiger partial charge is 0.507 e. The van der Waals surface area contributed by atoms with Gasteiger partial charge in [0.25, 0.3) is 11.7 Å². The molecule has 0 bridgehead atoms. The number of aliphatic hydroxyl groups is 1. The minimum absolute atomic E-state index is 0.0104. The number of para-hydroxylation sites is 1. The first-order valence-corrected chi connectivity index (χ1v) is 13.2. The number of amides is 1. The van der Waals surface area contributed by atoms with Crippen molar-refractivity contribution in [3.8, 4) is 5.75 Å². The average molecular weight is 533 g/mol. The number of aromatic amines is 1. The van der Waals surface area contributed by atoms with Crippen molar-refractivity contribution in [2.24, 2.45) is 0 Å². The zero-order valence-corrected chi connectivity index (χ0v) is 22.0. The van der Waals surface area contributed by atoms with Crippen LogP contribution in [0.2, 0.25) is 0 Å². The molecule has 0 spiro atoms. The molecule has 0 saturated carbocycles. The molecule has 3 heterocycles. The number of nitrogens with zero attached hydrogens (tertiary/aromatic N) is 1. The lowest BCUT2D eigenvalue weighted by Gasteiger charge is -2.23. The van der Waals surface area contributed by atoms with Gasteiger partial charge in [-0.15, -0.1) is 0 Å². The molecule has 1 unspecified atom stereocenters. The number of rotatable bonds is 8. The van der Waals surface area contributed by atoms with Crippen molar-refractivity contribution in [1.29, 1.82) is 0 Å². The monoisotopic (exact) mass is 532 g/mol. The van der Waals surface area contributed by atoms with Crippen LogP contribution in [0.5, 0.6) is 5.75 Å². The van der Waals surface area contributed by atoms with Crippen molar-refractivity contribution in [3.63, 3.8) is 0 Å². The predicted octanol–water partition coefficient (Wildman–Crippen LogP) is 6.31. The number of carbonyl (C=O) groups is 2. The number of aliphatic hydroxyl groups excluding tert-OH is 1. The number of benzene rings is 3. The zero-order valence-electron chi connectivity index (χ0n) is 22.0. The number of furan rings is 1. The van der Waals surface area contributed by atoms with E-state index < -0.39 is 17.7 Å². The molecule has 7 heteroatoms. The van der Waals surface area contributed by atoms with Gasteiger partial charge in [0.2, 0.25) is 0 Å². The van der Waals surface area contributed by atoms with E-state index in [9.17, 15) is 14.7 Å². The Labute approximate surface area is 231 Å². The SMILES string of the molecule is Cc1cc(/C(O)=C2/C(=O)C(=O)N(CCc3c[nH]c4ccccc34)C2c2ccco2)ccc1OCc1ccccc1. The second kappa shape index (κ2) is 10.6. The number of carbonyl (C=O) groups excluding carboxylic acids is 2. The quantitative estimate of drug-likeness (QED) is 0.139. The average Bonchev–Trinajstić information content (AvgIpc) is 3.71. The van der Waals surface area contributed by atoms with Gasteiger partial charge in [0.05, 0.1) is 11.8 Å². The minimum atomic E-state index is -0.838. The first-order chi connectivity index (χ1) is 19.5. The van der Waals surface area contributed by atoms with Crippen LogP contribution in [0.1, 0.15) is 34.1 Å². The normalized spacial score (nSPS) is 16.6. The second-order valence-corrected chi connectivity index (χ2v) is 9.87. The van der Waals surface area contributed by atoms with Crippen molar-refractivity contribution < 1.29 is 23.8 Å². The molecule has 0 radical (unpaired) electrons. The van der Waals surface area contributed by atoms with Crippen LogP contribution in [-0.2, 0) is 22.6 Å². The van der Waals surface area contributed by atoms with Crippen LogP contribution in [0.15, 0.2) is 107 Å². The Morgan fingerprint density at radius 3 is 2.58 bits per heavy atom. The van der Waals surface area contributed by atoms with Gasteiger partial charge in [0.1, 0.15) is 29.9 Å². The summed E-state index contributed by atoms with van der Waals surface area (Å²) in [5, 5.41) is 12.5. The van der Waals surface area contributed by atoms with E-state index in [2.05, 4.69) is 4.98 Å². The zero-order chi connectivity index (χ0) is 27.6. The van der Waals surface area contributed by atoms with Crippen LogP contribution in [0.4, 0.5) is 0 Å². The Kier molecular flexibility index (Phi) is 6.70. The third kappa shape index (κ3) is 4.66. The number of hydrogen-bond acceptors (Lipinski definition) is 5. The summed E-state index contributed by atoms with van der Waals surface area (Å²) in [6.07, 6.45) is 3.95. The van der Waals surface area contributed by atoms with Gasteiger partial charge in [-0.1, -0.05) is 48.5 Å². The molecule has 1 aliphatic rings. The van der Waals surface area contributed by atoms with Crippen molar-refractivity contribution in [2.75, 3.05) is 6.54 Å². The molecule has 5 aromatic rings. The van der Waals surface area contributed by atoms with Gasteiger partial charge < -0.3 is 24.1 Å². The first kappa shape index (κ1) is 25.2. The Bertz CT molecular complexity index is 1720. The summed E-state index contributed by atoms with van der Waals surface area (Å²) < 4.78 is 11.6. The summed E-state index contributed by atoms with van der Waals surface area (Å²) in [5.41, 5.74) is 4.32. The Morgan fingerprint density at radius 2 is 1.80 bits per heavy atom. The number of hydrogen-bond donors (Lipinski definition) is 2. The fourth-order valence-corrected chi connectivity index (χ4v) is 5.28. The molecule has 1 saturated heterocycles. The van der Waals surface area contributed by atoms with Crippen molar-refractivity contribution >= 4 is 28.4 Å². The van der Waals surface area contributed by atoms with E-state index in [1.807, 2.05) is 67.7 Å². The fourth-order valence-electron chi connectivity index (χ4n) is 5.28. The van der Waals surface area contributed by atoms with E-state index in [1.165, 1.54) is 11.2 Å². The number of aromatic nitrogens is 1. The van der Waals surface area contributed by atoms with Crippen LogP contribution < -0.4 is 4.74 Å². The molecule has 2 aromatic heterocycles. The number of H-pyrrole nitrogens is 1. The molecule has 1 aliphatic heterocycles. The van der Waals surface area contributed by atoms with Gasteiger partial charge >= 0.3 is 0 Å². The number of likely N-dealkylation sites (tertiary alicyclic amines) is 1. The van der Waals surface area contributed by atoms with E-state index in [0.717, 1.165) is 27.6 Å². The summed E-state index contributed by atoms with van der Waals surface area (Å²) >= 11 is 0. The molecule has 1 atom stereocenters. The number of aryl methyl sites for hydroxylation is 1. The molecule has 0 aliphatic carbocycles. The molecular weight excluding hydrogens is 504 g/mol. The third-order valence-electron chi connectivity index (χ3n) is 7.34. The lowest BCUT2D eigenvalue weighted by Crippen LogP contribution is -2.31. The molecular formula is C33H28N2O5. The van der Waals surface area contributed by atoms with E-state index in [4.69, 9.17) is 9.15 Å². The lowest BCUT2D eigenvalue weighted by molar-refractivity contribution is -0.140. The molecule has 7 nitrogen and oxygen atoms in total. The topological polar surface area (TPSA) is 95.8 Å². The van der Waals surface area contributed by atoms with Gasteiger partial charge in [-0.25, -0.2) is 0 Å². The van der Waals surface area contributed by atoms with Gasteiger partial charge in [-0.2, -0.15) is 0 Å². The van der Waals surface area contributed by atoms with Crippen LogP contribution in [0.3, 0.4) is 0 Å². The molecule has 40 heavy (non-hydrogen) atoms. The standard InChI is InChI=1S/C33H28N2O5/c1-21-18-23(13-14-27(21)40-20-22-8-3-2-4-9-22)31(36)29-30(28-12-7-17-39-28)35(33(38)32(29)37)16-15-24-19-34-26-11-6-5-10-25(24)26/h2-14,17-19,30,34,36H,15-16,20H2,1H3/b31-29-. The maximum Gasteiger partial charge on any atom is 0.295 e. The lowest BCUT2D eigenvalue weighted by atomic mass is 9.98. The highest BCUT2D eigenvalue weighted by molar-refractivity contribution is 6.46. The summed E-state index contributed by atoms with van der Waals surface area (Å²) in [6, 6.07) is 25.6. The number of fused-ring (bicyclic) bond motifs is 1. The summed E-state index contributed by atoms with van der Waals surface area (Å²) in [4.78, 5) is 31.4. The number of Topliss-reactive ketones (excluding diaryl/α,β-unsaturated/α-hetero) is 1. The second-order valence-electron chi connectivity index (χ2n) is 9.87. The smallest absolute Gasteiger partial charge is 0.295 e. The predicted molar refractivity (Wildman–Crippen MR) is 152 cm³/mol. The highest BCUT2D eigenvalue weighted by atomic mass is 16.5. The van der Waals surface area contributed by atoms with E-state index in [1.54, 1.807) is 30.3 Å². The van der Waals surface area contributed by atoms with Gasteiger partial charge in [-0.3, -0.25) is 9.59 Å². The molecule has 6 rings (SSSR count). The number of nitrogens with one attached hydrogen (secondary N) is 1. The molecule has 2 N–H and O–H groups in total. The fraction of sp³-hybridized carbons (Fsp3) is 0.152. The highest BCUT2D eigenvalue weighted by Crippen LogP contribution is 2.40. The Morgan fingerprint density at radius 1 is 1.00 bits per heavy atom. The van der Waals surface area contributed by atoms with Gasteiger partial charge in [0, 0.05) is 29.2 Å². The first-order valence-electron chi connectivity index (χ1n) is 13.2. The highest BCUT2D eigenvalue weighted by Gasteiger charge is 2.47. The molecule has 1 fully saturated rings. The maximum absolute atomic E-state index is 13.3. The van der Waals surface area contributed by atoms with Crippen LogP contribution in [0, 0.1) is 6.92 Å². The molecule has 1 amide bonds. The number of ether oxygens (including phenoxy) is 1. The van der Waals surface area contributed by atoms with Crippen LogP contribution in [0.25, 0.3) is 16.7 Å². The van der Waals surface area contributed by atoms with Gasteiger partial charge in [0.15, 0.2) is 0 Å². The van der Waals surface area contributed by atoms with Crippen molar-refractivity contribution in [2.45, 2.75) is 26.0 Å². The van der Waals surface area contributed by atoms with E-state index in [-0.39, 0.29) is 17.9 Å². The van der Waals surface area contributed by atoms with Crippen molar-refractivity contribution in [3.05, 3.63) is 131 Å². The Balaban J connectivity index is 1.30. The van der Waals surface area contributed by atoms with Gasteiger partial charge in [-0.05, 0) is 66.4 Å². The summed E-state index contributed by atoms with van der Waals surface area (Å²) in [7, 11) is 0.